The van der Waals surface area contributed by atoms with E-state index >= 15 is 0 Å². The normalized spacial score (nSPS) is 13.7. The summed E-state index contributed by atoms with van der Waals surface area (Å²) in [5.41, 5.74) is 3.03. The van der Waals surface area contributed by atoms with Crippen molar-refractivity contribution in [2.75, 3.05) is 32.6 Å². The van der Waals surface area contributed by atoms with E-state index in [-0.39, 0.29) is 11.7 Å². The highest BCUT2D eigenvalue weighted by molar-refractivity contribution is 9.10. The first-order valence-corrected chi connectivity index (χ1v) is 10.4. The van der Waals surface area contributed by atoms with Gasteiger partial charge in [0.25, 0.3) is 0 Å². The number of benzene rings is 1. The van der Waals surface area contributed by atoms with Crippen LogP contribution in [0.2, 0.25) is 0 Å². The summed E-state index contributed by atoms with van der Waals surface area (Å²) >= 11 is 3.53. The number of Topliss-reactive ketones (excluding diaryl/α,β-unsaturated/α-hetero) is 1. The third-order valence-electron chi connectivity index (χ3n) is 4.84. The number of aromatic nitrogens is 2. The maximum atomic E-state index is 12.8. The number of anilines is 2. The van der Waals surface area contributed by atoms with Gasteiger partial charge in [-0.05, 0) is 51.2 Å². The predicted molar refractivity (Wildman–Crippen MR) is 118 cm³/mol. The fourth-order valence-corrected chi connectivity index (χ4v) is 3.43. The molecule has 150 valence electrons. The highest BCUT2D eigenvalue weighted by atomic mass is 79.9. The van der Waals surface area contributed by atoms with Crippen LogP contribution in [-0.2, 0) is 0 Å². The number of hydrogen-bond donors (Lipinski definition) is 1. The van der Waals surface area contributed by atoms with Crippen LogP contribution in [-0.4, -0.2) is 47.9 Å². The third-order valence-corrected chi connectivity index (χ3v) is 5.33. The first-order chi connectivity index (χ1) is 14.0. The van der Waals surface area contributed by atoms with Gasteiger partial charge in [0.2, 0.25) is 5.88 Å². The molecular formula is C22H23BrN4O2. The number of likely N-dealkylation sites (N-methyl/N-ethyl adjacent to an activating group) is 1. The van der Waals surface area contributed by atoms with Gasteiger partial charge in [0.1, 0.15) is 6.61 Å². The van der Waals surface area contributed by atoms with Crippen LogP contribution < -0.4 is 10.1 Å². The molecule has 1 aromatic carbocycles. The van der Waals surface area contributed by atoms with Gasteiger partial charge in [0, 0.05) is 34.6 Å². The van der Waals surface area contributed by atoms with Crippen molar-refractivity contribution in [3.8, 4) is 5.88 Å². The molecule has 1 aliphatic carbocycles. The van der Waals surface area contributed by atoms with Crippen molar-refractivity contribution >= 4 is 44.0 Å². The Morgan fingerprint density at radius 3 is 2.72 bits per heavy atom. The number of ether oxygens (including phenoxy) is 1. The summed E-state index contributed by atoms with van der Waals surface area (Å²) in [6, 6.07) is 9.62. The molecule has 4 rings (SSSR count). The van der Waals surface area contributed by atoms with Crippen molar-refractivity contribution in [1.29, 1.82) is 0 Å². The maximum Gasteiger partial charge on any atom is 0.213 e. The van der Waals surface area contributed by atoms with Crippen molar-refractivity contribution in [3.05, 3.63) is 52.8 Å². The molecule has 2 heterocycles. The number of fused-ring (bicyclic) bond motifs is 1. The van der Waals surface area contributed by atoms with E-state index in [1.807, 2.05) is 44.4 Å². The van der Waals surface area contributed by atoms with Crippen molar-refractivity contribution < 1.29 is 9.53 Å². The first kappa shape index (κ1) is 19.8. The minimum Gasteiger partial charge on any atom is -0.476 e. The third kappa shape index (κ3) is 4.74. The van der Waals surface area contributed by atoms with Gasteiger partial charge in [-0.2, -0.15) is 0 Å². The Bertz CT molecular complexity index is 1030. The zero-order valence-corrected chi connectivity index (χ0v) is 18.1. The van der Waals surface area contributed by atoms with Gasteiger partial charge in [0.15, 0.2) is 5.78 Å². The summed E-state index contributed by atoms with van der Waals surface area (Å²) in [5.74, 6) is 0.847. The van der Waals surface area contributed by atoms with E-state index in [1.54, 1.807) is 12.4 Å². The Kier molecular flexibility index (Phi) is 5.78. The highest BCUT2D eigenvalue weighted by Crippen LogP contribution is 2.38. The van der Waals surface area contributed by atoms with Crippen LogP contribution in [0.1, 0.15) is 23.2 Å². The second-order valence-corrected chi connectivity index (χ2v) is 8.42. The van der Waals surface area contributed by atoms with E-state index in [9.17, 15) is 4.79 Å². The molecule has 0 aliphatic heterocycles. The minimum atomic E-state index is 0.118. The molecule has 0 spiro atoms. The highest BCUT2D eigenvalue weighted by Gasteiger charge is 2.32. The van der Waals surface area contributed by atoms with Gasteiger partial charge in [-0.25, -0.2) is 4.98 Å². The molecule has 0 bridgehead atoms. The summed E-state index contributed by atoms with van der Waals surface area (Å²) in [6.45, 7) is 1.40. The number of carbonyl (C=O) groups excluding carboxylic acids is 1. The van der Waals surface area contributed by atoms with Crippen LogP contribution in [0, 0.1) is 5.92 Å². The smallest absolute Gasteiger partial charge is 0.213 e. The van der Waals surface area contributed by atoms with Crippen LogP contribution in [0.4, 0.5) is 11.4 Å². The molecule has 0 unspecified atom stereocenters. The van der Waals surface area contributed by atoms with Crippen LogP contribution >= 0.6 is 15.9 Å². The van der Waals surface area contributed by atoms with E-state index in [2.05, 4.69) is 36.1 Å². The Hall–Kier alpha value is -2.51. The molecule has 0 atom stereocenters. The number of ketones is 1. The second-order valence-electron chi connectivity index (χ2n) is 7.51. The summed E-state index contributed by atoms with van der Waals surface area (Å²) < 4.78 is 6.60. The average molecular weight is 455 g/mol. The largest absolute Gasteiger partial charge is 0.476 e. The number of carbonyl (C=O) groups is 1. The molecule has 1 N–H and O–H groups in total. The van der Waals surface area contributed by atoms with Crippen LogP contribution in [0.3, 0.4) is 0 Å². The zero-order valence-electron chi connectivity index (χ0n) is 16.5. The monoisotopic (exact) mass is 454 g/mol. The van der Waals surface area contributed by atoms with Gasteiger partial charge < -0.3 is 15.0 Å². The molecule has 0 saturated heterocycles. The van der Waals surface area contributed by atoms with Crippen molar-refractivity contribution in [2.45, 2.75) is 12.8 Å². The molecule has 29 heavy (non-hydrogen) atoms. The molecular weight excluding hydrogens is 432 g/mol. The topological polar surface area (TPSA) is 67.3 Å². The summed E-state index contributed by atoms with van der Waals surface area (Å²) in [5, 5.41) is 4.30. The fourth-order valence-electron chi connectivity index (χ4n) is 3.07. The van der Waals surface area contributed by atoms with Gasteiger partial charge >= 0.3 is 0 Å². The Morgan fingerprint density at radius 1 is 1.21 bits per heavy atom. The van der Waals surface area contributed by atoms with Gasteiger partial charge in [-0.1, -0.05) is 15.9 Å². The van der Waals surface area contributed by atoms with E-state index in [1.165, 1.54) is 0 Å². The number of nitrogens with one attached hydrogen (secondary N) is 1. The van der Waals surface area contributed by atoms with E-state index in [4.69, 9.17) is 4.74 Å². The van der Waals surface area contributed by atoms with E-state index < -0.39 is 0 Å². The first-order valence-electron chi connectivity index (χ1n) is 9.64. The number of hydrogen-bond acceptors (Lipinski definition) is 6. The molecule has 6 nitrogen and oxygen atoms in total. The number of pyridine rings is 2. The van der Waals surface area contributed by atoms with Crippen LogP contribution in [0.5, 0.6) is 5.88 Å². The Morgan fingerprint density at radius 2 is 2.03 bits per heavy atom. The molecule has 0 amide bonds. The summed E-state index contributed by atoms with van der Waals surface area (Å²) in [6.07, 6.45) is 5.32. The molecule has 7 heteroatoms. The molecule has 2 aromatic heterocycles. The molecule has 3 aromatic rings. The Balaban J connectivity index is 1.63. The quantitative estimate of drug-likeness (QED) is 0.498. The number of nitrogens with zero attached hydrogens (tertiary/aromatic N) is 3. The Labute approximate surface area is 178 Å². The van der Waals surface area contributed by atoms with E-state index in [0.717, 1.165) is 46.1 Å². The predicted octanol–water partition coefficient (Wildman–Crippen LogP) is 4.67. The minimum absolute atomic E-state index is 0.118. The second kappa shape index (κ2) is 8.47. The van der Waals surface area contributed by atoms with Crippen LogP contribution in [0.25, 0.3) is 10.9 Å². The average Bonchev–Trinajstić information content (AvgIpc) is 3.54. The fraction of sp³-hybridized carbons (Fsp3) is 0.318. The van der Waals surface area contributed by atoms with E-state index in [0.29, 0.717) is 18.1 Å². The van der Waals surface area contributed by atoms with Gasteiger partial charge in [-0.15, -0.1) is 0 Å². The SMILES string of the molecule is CN(C)CCOc1ccc(Nc2c(C(=O)C3CC3)cnc3ccc(Br)cc23)cn1. The van der Waals surface area contributed by atoms with Crippen molar-refractivity contribution in [3.63, 3.8) is 0 Å². The lowest BCUT2D eigenvalue weighted by atomic mass is 10.0. The summed E-state index contributed by atoms with van der Waals surface area (Å²) in [7, 11) is 4.00. The molecule has 0 radical (unpaired) electrons. The number of rotatable bonds is 8. The van der Waals surface area contributed by atoms with Gasteiger partial charge in [-0.3, -0.25) is 9.78 Å². The standard InChI is InChI=1S/C22H23BrN4O2/c1-27(2)9-10-29-20-8-6-16(12-25-20)26-21-17-11-15(23)5-7-19(17)24-13-18(21)22(28)14-3-4-14/h5-8,11-14H,3-4,9-10H2,1-2H3,(H,24,26). The molecule has 1 aliphatic rings. The summed E-state index contributed by atoms with van der Waals surface area (Å²) in [4.78, 5) is 23.8. The maximum absolute atomic E-state index is 12.8. The van der Waals surface area contributed by atoms with Gasteiger partial charge in [0.05, 0.1) is 28.7 Å². The number of halogens is 1. The molecule has 1 saturated carbocycles. The lowest BCUT2D eigenvalue weighted by molar-refractivity contribution is 0.0968. The lowest BCUT2D eigenvalue weighted by Crippen LogP contribution is -2.19. The van der Waals surface area contributed by atoms with Crippen LogP contribution in [0.15, 0.2) is 47.2 Å². The van der Waals surface area contributed by atoms with Crippen molar-refractivity contribution in [1.82, 2.24) is 14.9 Å². The van der Waals surface area contributed by atoms with Crippen molar-refractivity contribution in [2.24, 2.45) is 5.92 Å². The lowest BCUT2D eigenvalue weighted by Gasteiger charge is -2.15. The zero-order chi connectivity index (χ0) is 20.4. The molecule has 1 fully saturated rings.